The SMILES string of the molecule is Nc1nc(-c2ccsc2)c(Cc2ccccc2)c(-c2ccco2)n1. The maximum atomic E-state index is 5.97. The van der Waals surface area contributed by atoms with E-state index in [1.807, 2.05) is 41.8 Å². The highest BCUT2D eigenvalue weighted by molar-refractivity contribution is 7.08. The topological polar surface area (TPSA) is 64.9 Å². The Morgan fingerprint density at radius 1 is 0.958 bits per heavy atom. The standard InChI is InChI=1S/C19H15N3OS/c20-19-21-17(14-8-10-24-12-14)15(11-13-5-2-1-3-6-13)18(22-19)16-7-4-9-23-16/h1-10,12H,11H2,(H2,20,21,22). The van der Waals surface area contributed by atoms with Gasteiger partial charge in [-0.3, -0.25) is 0 Å². The van der Waals surface area contributed by atoms with Gasteiger partial charge in [-0.05, 0) is 29.1 Å². The van der Waals surface area contributed by atoms with Crippen LogP contribution in [-0.4, -0.2) is 9.97 Å². The number of nitrogen functional groups attached to an aromatic ring is 1. The number of thiophene rings is 1. The third kappa shape index (κ3) is 2.81. The quantitative estimate of drug-likeness (QED) is 0.591. The Balaban J connectivity index is 1.93. The molecule has 5 heteroatoms. The maximum absolute atomic E-state index is 5.97. The molecule has 3 aromatic heterocycles. The van der Waals surface area contributed by atoms with E-state index in [0.717, 1.165) is 22.5 Å². The highest BCUT2D eigenvalue weighted by atomic mass is 32.1. The second-order valence-electron chi connectivity index (χ2n) is 5.41. The van der Waals surface area contributed by atoms with Gasteiger partial charge in [0.1, 0.15) is 5.69 Å². The van der Waals surface area contributed by atoms with Gasteiger partial charge >= 0.3 is 0 Å². The fourth-order valence-electron chi connectivity index (χ4n) is 2.72. The molecule has 0 fully saturated rings. The van der Waals surface area contributed by atoms with Gasteiger partial charge < -0.3 is 10.2 Å². The van der Waals surface area contributed by atoms with E-state index in [1.54, 1.807) is 17.6 Å². The number of aromatic nitrogens is 2. The first-order valence-electron chi connectivity index (χ1n) is 7.58. The van der Waals surface area contributed by atoms with Crippen LogP contribution in [0, 0.1) is 0 Å². The minimum atomic E-state index is 0.249. The molecule has 4 rings (SSSR count). The van der Waals surface area contributed by atoms with E-state index in [4.69, 9.17) is 10.2 Å². The lowest BCUT2D eigenvalue weighted by Gasteiger charge is -2.13. The van der Waals surface area contributed by atoms with Crippen LogP contribution >= 0.6 is 11.3 Å². The van der Waals surface area contributed by atoms with Gasteiger partial charge in [-0.2, -0.15) is 11.3 Å². The Morgan fingerprint density at radius 3 is 2.50 bits per heavy atom. The third-order valence-corrected chi connectivity index (χ3v) is 4.48. The van der Waals surface area contributed by atoms with Crippen molar-refractivity contribution in [3.05, 3.63) is 76.7 Å². The number of nitrogens with zero attached hydrogens (tertiary/aromatic N) is 2. The van der Waals surface area contributed by atoms with Crippen LogP contribution in [0.1, 0.15) is 11.1 Å². The molecule has 0 aliphatic heterocycles. The van der Waals surface area contributed by atoms with Crippen molar-refractivity contribution in [2.75, 3.05) is 5.73 Å². The number of benzene rings is 1. The summed E-state index contributed by atoms with van der Waals surface area (Å²) < 4.78 is 5.58. The largest absolute Gasteiger partial charge is 0.463 e. The molecule has 24 heavy (non-hydrogen) atoms. The number of furan rings is 1. The van der Waals surface area contributed by atoms with E-state index in [-0.39, 0.29) is 5.95 Å². The minimum Gasteiger partial charge on any atom is -0.463 e. The van der Waals surface area contributed by atoms with Crippen LogP contribution in [0.3, 0.4) is 0 Å². The Hall–Kier alpha value is -2.92. The second-order valence-corrected chi connectivity index (χ2v) is 6.19. The van der Waals surface area contributed by atoms with E-state index in [1.165, 1.54) is 5.56 Å². The average molecular weight is 333 g/mol. The maximum Gasteiger partial charge on any atom is 0.221 e. The van der Waals surface area contributed by atoms with Gasteiger partial charge in [-0.15, -0.1) is 0 Å². The van der Waals surface area contributed by atoms with Crippen LogP contribution < -0.4 is 5.73 Å². The van der Waals surface area contributed by atoms with Crippen molar-refractivity contribution < 1.29 is 4.42 Å². The molecule has 0 spiro atoms. The van der Waals surface area contributed by atoms with E-state index in [2.05, 4.69) is 27.5 Å². The van der Waals surface area contributed by atoms with Gasteiger partial charge in [-0.1, -0.05) is 30.3 Å². The van der Waals surface area contributed by atoms with Crippen molar-refractivity contribution >= 4 is 17.3 Å². The molecule has 0 aliphatic carbocycles. The molecule has 0 atom stereocenters. The Labute approximate surface area is 143 Å². The molecule has 0 saturated carbocycles. The van der Waals surface area contributed by atoms with Crippen LogP contribution in [0.25, 0.3) is 22.7 Å². The molecule has 0 unspecified atom stereocenters. The average Bonchev–Trinajstić information content (AvgIpc) is 3.31. The summed E-state index contributed by atoms with van der Waals surface area (Å²) in [5.41, 5.74) is 10.8. The van der Waals surface area contributed by atoms with Gasteiger partial charge in [0, 0.05) is 22.9 Å². The second kappa shape index (κ2) is 6.29. The van der Waals surface area contributed by atoms with Crippen molar-refractivity contribution in [1.29, 1.82) is 0 Å². The molecular formula is C19H15N3OS. The van der Waals surface area contributed by atoms with Crippen molar-refractivity contribution in [3.8, 4) is 22.7 Å². The van der Waals surface area contributed by atoms with Crippen LogP contribution in [0.5, 0.6) is 0 Å². The summed E-state index contributed by atoms with van der Waals surface area (Å²) in [6, 6.07) is 16.1. The molecule has 0 saturated heterocycles. The fourth-order valence-corrected chi connectivity index (χ4v) is 3.36. The van der Waals surface area contributed by atoms with Crippen LogP contribution in [0.2, 0.25) is 0 Å². The summed E-state index contributed by atoms with van der Waals surface area (Å²) in [4.78, 5) is 8.97. The lowest BCUT2D eigenvalue weighted by molar-refractivity contribution is 0.579. The van der Waals surface area contributed by atoms with E-state index in [9.17, 15) is 0 Å². The molecule has 0 amide bonds. The highest BCUT2D eigenvalue weighted by Crippen LogP contribution is 2.33. The molecule has 0 bridgehead atoms. The number of hydrogen-bond donors (Lipinski definition) is 1. The molecule has 3 heterocycles. The lowest BCUT2D eigenvalue weighted by Crippen LogP contribution is -2.05. The smallest absolute Gasteiger partial charge is 0.221 e. The monoisotopic (exact) mass is 333 g/mol. The first kappa shape index (κ1) is 14.7. The van der Waals surface area contributed by atoms with Crippen LogP contribution in [-0.2, 0) is 6.42 Å². The van der Waals surface area contributed by atoms with Gasteiger partial charge in [0.05, 0.1) is 12.0 Å². The lowest BCUT2D eigenvalue weighted by atomic mass is 9.98. The predicted octanol–water partition coefficient (Wildman–Crippen LogP) is 4.64. The normalized spacial score (nSPS) is 10.8. The van der Waals surface area contributed by atoms with Gasteiger partial charge in [0.25, 0.3) is 0 Å². The zero-order chi connectivity index (χ0) is 16.4. The minimum absolute atomic E-state index is 0.249. The zero-order valence-electron chi connectivity index (χ0n) is 12.8. The molecular weight excluding hydrogens is 318 g/mol. The number of rotatable bonds is 4. The molecule has 4 nitrogen and oxygen atoms in total. The first-order valence-corrected chi connectivity index (χ1v) is 8.52. The molecule has 118 valence electrons. The van der Waals surface area contributed by atoms with E-state index < -0.39 is 0 Å². The Morgan fingerprint density at radius 2 is 1.79 bits per heavy atom. The third-order valence-electron chi connectivity index (χ3n) is 3.80. The molecule has 0 aliphatic rings. The zero-order valence-corrected chi connectivity index (χ0v) is 13.7. The van der Waals surface area contributed by atoms with Crippen molar-refractivity contribution in [1.82, 2.24) is 9.97 Å². The number of anilines is 1. The summed E-state index contributed by atoms with van der Waals surface area (Å²) in [5.74, 6) is 0.950. The highest BCUT2D eigenvalue weighted by Gasteiger charge is 2.18. The number of hydrogen-bond acceptors (Lipinski definition) is 5. The Bertz CT molecular complexity index is 877. The van der Waals surface area contributed by atoms with Crippen LogP contribution in [0.4, 0.5) is 5.95 Å². The predicted molar refractivity (Wildman–Crippen MR) is 96.7 cm³/mol. The summed E-state index contributed by atoms with van der Waals surface area (Å²) in [6.07, 6.45) is 2.35. The van der Waals surface area contributed by atoms with Gasteiger partial charge in [0.15, 0.2) is 5.76 Å². The summed E-state index contributed by atoms with van der Waals surface area (Å²) in [7, 11) is 0. The molecule has 0 radical (unpaired) electrons. The summed E-state index contributed by atoms with van der Waals surface area (Å²) in [5, 5.41) is 4.11. The van der Waals surface area contributed by atoms with Crippen LogP contribution in [0.15, 0.2) is 70.0 Å². The van der Waals surface area contributed by atoms with Crippen molar-refractivity contribution in [3.63, 3.8) is 0 Å². The first-order chi connectivity index (χ1) is 11.8. The summed E-state index contributed by atoms with van der Waals surface area (Å²) in [6.45, 7) is 0. The van der Waals surface area contributed by atoms with E-state index >= 15 is 0 Å². The summed E-state index contributed by atoms with van der Waals surface area (Å²) >= 11 is 1.63. The van der Waals surface area contributed by atoms with Crippen molar-refractivity contribution in [2.24, 2.45) is 0 Å². The Kier molecular flexibility index (Phi) is 3.84. The van der Waals surface area contributed by atoms with Gasteiger partial charge in [-0.25, -0.2) is 9.97 Å². The van der Waals surface area contributed by atoms with Crippen molar-refractivity contribution in [2.45, 2.75) is 6.42 Å². The van der Waals surface area contributed by atoms with E-state index in [0.29, 0.717) is 12.2 Å². The molecule has 1 aromatic carbocycles. The van der Waals surface area contributed by atoms with Gasteiger partial charge in [0.2, 0.25) is 5.95 Å². The molecule has 4 aromatic rings. The number of nitrogens with two attached hydrogens (primary N) is 1. The molecule has 2 N–H and O–H groups in total. The fraction of sp³-hybridized carbons (Fsp3) is 0.0526.